The fourth-order valence-corrected chi connectivity index (χ4v) is 2.83. The first-order chi connectivity index (χ1) is 9.83. The molecule has 0 radical (unpaired) electrons. The summed E-state index contributed by atoms with van der Waals surface area (Å²) in [5, 5.41) is 0. The molecule has 0 saturated carbocycles. The minimum Gasteiger partial charge on any atom is -0.465 e. The number of esters is 1. The fraction of sp³-hybridized carbons (Fsp3) is 0.938. The van der Waals surface area contributed by atoms with Crippen molar-refractivity contribution in [1.29, 1.82) is 0 Å². The molecular formula is C16H34N2O3. The van der Waals surface area contributed by atoms with Gasteiger partial charge < -0.3 is 15.2 Å². The molecule has 2 unspecified atom stereocenters. The highest BCUT2D eigenvalue weighted by molar-refractivity contribution is 5.80. The van der Waals surface area contributed by atoms with Crippen LogP contribution in [0.3, 0.4) is 0 Å². The van der Waals surface area contributed by atoms with Crippen molar-refractivity contribution in [3.63, 3.8) is 0 Å². The summed E-state index contributed by atoms with van der Waals surface area (Å²) < 4.78 is 10.3. The number of methoxy groups -OCH3 is 1. The molecular weight excluding hydrogens is 268 g/mol. The second-order valence-electron chi connectivity index (χ2n) is 5.89. The zero-order chi connectivity index (χ0) is 16.5. The van der Waals surface area contributed by atoms with E-state index in [2.05, 4.69) is 25.7 Å². The summed E-state index contributed by atoms with van der Waals surface area (Å²) in [7, 11) is 1.71. The van der Waals surface area contributed by atoms with Crippen LogP contribution in [-0.4, -0.2) is 55.4 Å². The zero-order valence-electron chi connectivity index (χ0n) is 14.6. The number of carbonyl (C=O) groups is 1. The van der Waals surface area contributed by atoms with Crippen LogP contribution in [0, 0.1) is 0 Å². The lowest BCUT2D eigenvalue weighted by atomic mass is 9.93. The van der Waals surface area contributed by atoms with Gasteiger partial charge in [0, 0.05) is 25.7 Å². The molecule has 0 amide bonds. The SMILES string of the molecule is CCOC(=O)C(C)(N)CC(C)N(CCOC)C(CC)CC. The molecule has 0 aromatic heterocycles. The first-order valence-electron chi connectivity index (χ1n) is 8.04. The first-order valence-corrected chi connectivity index (χ1v) is 8.04. The molecule has 0 rings (SSSR count). The van der Waals surface area contributed by atoms with Gasteiger partial charge in [0.1, 0.15) is 5.54 Å². The quantitative estimate of drug-likeness (QED) is 0.593. The third-order valence-corrected chi connectivity index (χ3v) is 3.99. The molecule has 0 aromatic carbocycles. The van der Waals surface area contributed by atoms with Crippen LogP contribution in [0.4, 0.5) is 0 Å². The van der Waals surface area contributed by atoms with Gasteiger partial charge in [0.15, 0.2) is 0 Å². The highest BCUT2D eigenvalue weighted by Gasteiger charge is 2.34. The number of carbonyl (C=O) groups excluding carboxylic acids is 1. The predicted octanol–water partition coefficient (Wildman–Crippen LogP) is 2.18. The Morgan fingerprint density at radius 1 is 1.29 bits per heavy atom. The number of rotatable bonds is 11. The molecule has 0 aliphatic heterocycles. The van der Waals surface area contributed by atoms with E-state index >= 15 is 0 Å². The summed E-state index contributed by atoms with van der Waals surface area (Å²) in [6.45, 7) is 11.9. The van der Waals surface area contributed by atoms with E-state index in [4.69, 9.17) is 15.2 Å². The van der Waals surface area contributed by atoms with Gasteiger partial charge in [0.05, 0.1) is 13.2 Å². The van der Waals surface area contributed by atoms with Gasteiger partial charge in [-0.1, -0.05) is 13.8 Å². The Balaban J connectivity index is 4.85. The van der Waals surface area contributed by atoms with Crippen molar-refractivity contribution < 1.29 is 14.3 Å². The molecule has 0 aliphatic carbocycles. The predicted molar refractivity (Wildman–Crippen MR) is 86.3 cm³/mol. The van der Waals surface area contributed by atoms with E-state index in [-0.39, 0.29) is 12.0 Å². The monoisotopic (exact) mass is 302 g/mol. The van der Waals surface area contributed by atoms with Crippen molar-refractivity contribution in [3.8, 4) is 0 Å². The van der Waals surface area contributed by atoms with Crippen molar-refractivity contribution in [2.45, 2.75) is 71.5 Å². The van der Waals surface area contributed by atoms with Crippen LogP contribution in [0.15, 0.2) is 0 Å². The summed E-state index contributed by atoms with van der Waals surface area (Å²) in [6, 6.07) is 0.678. The van der Waals surface area contributed by atoms with Gasteiger partial charge in [-0.05, 0) is 40.0 Å². The van der Waals surface area contributed by atoms with Crippen LogP contribution in [0.25, 0.3) is 0 Å². The average Bonchev–Trinajstić information content (AvgIpc) is 2.43. The lowest BCUT2D eigenvalue weighted by Gasteiger charge is -2.38. The smallest absolute Gasteiger partial charge is 0.325 e. The molecule has 0 aromatic rings. The summed E-state index contributed by atoms with van der Waals surface area (Å²) in [5.41, 5.74) is 5.21. The van der Waals surface area contributed by atoms with E-state index in [0.29, 0.717) is 25.7 Å². The number of nitrogens with zero attached hydrogens (tertiary/aromatic N) is 1. The summed E-state index contributed by atoms with van der Waals surface area (Å²) in [5.74, 6) is -0.326. The minimum absolute atomic E-state index is 0.199. The fourth-order valence-electron chi connectivity index (χ4n) is 2.83. The van der Waals surface area contributed by atoms with Crippen LogP contribution >= 0.6 is 0 Å². The largest absolute Gasteiger partial charge is 0.465 e. The van der Waals surface area contributed by atoms with Crippen LogP contribution < -0.4 is 5.73 Å². The molecule has 5 nitrogen and oxygen atoms in total. The van der Waals surface area contributed by atoms with Crippen LogP contribution in [0.5, 0.6) is 0 Å². The molecule has 21 heavy (non-hydrogen) atoms. The van der Waals surface area contributed by atoms with Gasteiger partial charge in [0.25, 0.3) is 0 Å². The number of ether oxygens (including phenoxy) is 2. The van der Waals surface area contributed by atoms with Crippen molar-refractivity contribution in [2.24, 2.45) is 5.73 Å². The number of hydrogen-bond donors (Lipinski definition) is 1. The molecule has 2 N–H and O–H groups in total. The topological polar surface area (TPSA) is 64.8 Å². The van der Waals surface area contributed by atoms with Crippen molar-refractivity contribution in [3.05, 3.63) is 0 Å². The van der Waals surface area contributed by atoms with E-state index in [0.717, 1.165) is 19.4 Å². The Kier molecular flexibility index (Phi) is 9.83. The maximum atomic E-state index is 12.0. The van der Waals surface area contributed by atoms with Crippen molar-refractivity contribution >= 4 is 5.97 Å². The Hall–Kier alpha value is -0.650. The summed E-state index contributed by atoms with van der Waals surface area (Å²) in [6.07, 6.45) is 2.72. The van der Waals surface area contributed by atoms with E-state index < -0.39 is 5.54 Å². The first kappa shape index (κ1) is 20.3. The van der Waals surface area contributed by atoms with Crippen LogP contribution in [-0.2, 0) is 14.3 Å². The standard InChI is InChI=1S/C16H34N2O3/c1-7-14(8-2)18(10-11-20-6)13(4)12-16(5,17)15(19)21-9-3/h13-14H,7-12,17H2,1-6H3. The molecule has 0 spiro atoms. The van der Waals surface area contributed by atoms with Gasteiger partial charge in [-0.25, -0.2) is 0 Å². The van der Waals surface area contributed by atoms with E-state index in [1.54, 1.807) is 21.0 Å². The molecule has 5 heteroatoms. The lowest BCUT2D eigenvalue weighted by molar-refractivity contribution is -0.149. The second kappa shape index (κ2) is 10.1. The van der Waals surface area contributed by atoms with E-state index in [1.165, 1.54) is 0 Å². The molecule has 0 aliphatic rings. The third-order valence-electron chi connectivity index (χ3n) is 3.99. The summed E-state index contributed by atoms with van der Waals surface area (Å²) in [4.78, 5) is 14.4. The Bertz CT molecular complexity index is 291. The number of hydrogen-bond acceptors (Lipinski definition) is 5. The average molecular weight is 302 g/mol. The van der Waals surface area contributed by atoms with Gasteiger partial charge in [-0.3, -0.25) is 9.69 Å². The molecule has 2 atom stereocenters. The lowest BCUT2D eigenvalue weighted by Crippen LogP contribution is -2.53. The maximum Gasteiger partial charge on any atom is 0.325 e. The maximum absolute atomic E-state index is 12.0. The van der Waals surface area contributed by atoms with Gasteiger partial charge in [0.2, 0.25) is 0 Å². The Morgan fingerprint density at radius 2 is 1.86 bits per heavy atom. The van der Waals surface area contributed by atoms with Crippen LogP contribution in [0.2, 0.25) is 0 Å². The highest BCUT2D eigenvalue weighted by Crippen LogP contribution is 2.20. The zero-order valence-corrected chi connectivity index (χ0v) is 14.6. The molecule has 0 bridgehead atoms. The normalized spacial score (nSPS) is 16.0. The van der Waals surface area contributed by atoms with Crippen molar-refractivity contribution in [1.82, 2.24) is 4.90 Å². The van der Waals surface area contributed by atoms with Gasteiger partial charge in [-0.2, -0.15) is 0 Å². The Labute approximate surface area is 130 Å². The molecule has 0 saturated heterocycles. The third kappa shape index (κ3) is 6.76. The van der Waals surface area contributed by atoms with E-state index in [1.807, 2.05) is 0 Å². The van der Waals surface area contributed by atoms with Crippen molar-refractivity contribution in [2.75, 3.05) is 26.9 Å². The molecule has 0 heterocycles. The second-order valence-corrected chi connectivity index (χ2v) is 5.89. The van der Waals surface area contributed by atoms with Gasteiger partial charge >= 0.3 is 5.97 Å². The molecule has 126 valence electrons. The Morgan fingerprint density at radius 3 is 2.29 bits per heavy atom. The van der Waals surface area contributed by atoms with Crippen LogP contribution in [0.1, 0.15) is 53.9 Å². The number of nitrogens with two attached hydrogens (primary N) is 1. The van der Waals surface area contributed by atoms with E-state index in [9.17, 15) is 4.79 Å². The minimum atomic E-state index is -0.952. The highest BCUT2D eigenvalue weighted by atomic mass is 16.5. The summed E-state index contributed by atoms with van der Waals surface area (Å²) >= 11 is 0. The van der Waals surface area contributed by atoms with Gasteiger partial charge in [-0.15, -0.1) is 0 Å². The molecule has 0 fully saturated rings.